The standard InChI is InChI=1S/C16H23N3/c1-13(2)18-9-6-14(7-10-18)11-16-17-12-15-5-3-4-8-19(15)16/h3-5,8,12-14H,6-7,9-11H2,1-2H3. The molecule has 0 unspecified atom stereocenters. The van der Waals surface area contributed by atoms with Crippen molar-refractivity contribution in [3.63, 3.8) is 0 Å². The molecule has 0 atom stereocenters. The van der Waals surface area contributed by atoms with Gasteiger partial charge in [0.15, 0.2) is 0 Å². The monoisotopic (exact) mass is 257 g/mol. The predicted octanol–water partition coefficient (Wildman–Crippen LogP) is 3.00. The van der Waals surface area contributed by atoms with Crippen molar-refractivity contribution >= 4 is 5.52 Å². The van der Waals surface area contributed by atoms with Crippen molar-refractivity contribution < 1.29 is 0 Å². The number of fused-ring (bicyclic) bond motifs is 1. The molecule has 3 rings (SSSR count). The molecule has 19 heavy (non-hydrogen) atoms. The van der Waals surface area contributed by atoms with Crippen LogP contribution < -0.4 is 0 Å². The SMILES string of the molecule is CC(C)N1CCC(Cc2ncc3ccccn23)CC1. The molecule has 1 aliphatic rings. The van der Waals surface area contributed by atoms with Crippen LogP contribution in [0.3, 0.4) is 0 Å². The first-order chi connectivity index (χ1) is 9.24. The highest BCUT2D eigenvalue weighted by Crippen LogP contribution is 2.22. The van der Waals surface area contributed by atoms with Gasteiger partial charge in [-0.2, -0.15) is 0 Å². The molecule has 0 aliphatic carbocycles. The molecule has 2 aromatic rings. The minimum Gasteiger partial charge on any atom is -0.304 e. The Morgan fingerprint density at radius 1 is 1.26 bits per heavy atom. The highest BCUT2D eigenvalue weighted by atomic mass is 15.1. The smallest absolute Gasteiger partial charge is 0.113 e. The Balaban J connectivity index is 1.66. The van der Waals surface area contributed by atoms with E-state index in [4.69, 9.17) is 0 Å². The van der Waals surface area contributed by atoms with E-state index in [2.05, 4.69) is 52.5 Å². The molecule has 0 N–H and O–H groups in total. The van der Waals surface area contributed by atoms with Crippen LogP contribution in [0.5, 0.6) is 0 Å². The fourth-order valence-electron chi connectivity index (χ4n) is 3.08. The maximum Gasteiger partial charge on any atom is 0.113 e. The van der Waals surface area contributed by atoms with Crippen LogP contribution in [-0.2, 0) is 6.42 Å². The average molecular weight is 257 g/mol. The number of pyridine rings is 1. The lowest BCUT2D eigenvalue weighted by Gasteiger charge is -2.34. The van der Waals surface area contributed by atoms with Crippen molar-refractivity contribution in [2.24, 2.45) is 5.92 Å². The first-order valence-electron chi connectivity index (χ1n) is 7.39. The lowest BCUT2D eigenvalue weighted by molar-refractivity contribution is 0.148. The molecule has 1 fully saturated rings. The van der Waals surface area contributed by atoms with Gasteiger partial charge < -0.3 is 9.30 Å². The first-order valence-corrected chi connectivity index (χ1v) is 7.39. The van der Waals surface area contributed by atoms with Crippen molar-refractivity contribution in [1.29, 1.82) is 0 Å². The molecule has 1 aliphatic heterocycles. The van der Waals surface area contributed by atoms with E-state index < -0.39 is 0 Å². The molecule has 0 amide bonds. The summed E-state index contributed by atoms with van der Waals surface area (Å²) < 4.78 is 2.23. The third-order valence-corrected chi connectivity index (χ3v) is 4.37. The predicted molar refractivity (Wildman–Crippen MR) is 78.3 cm³/mol. The Bertz CT molecular complexity index is 536. The highest BCUT2D eigenvalue weighted by molar-refractivity contribution is 5.45. The third kappa shape index (κ3) is 2.66. The molecule has 3 nitrogen and oxygen atoms in total. The van der Waals surface area contributed by atoms with Gasteiger partial charge >= 0.3 is 0 Å². The topological polar surface area (TPSA) is 20.5 Å². The van der Waals surface area contributed by atoms with E-state index in [9.17, 15) is 0 Å². The summed E-state index contributed by atoms with van der Waals surface area (Å²) in [5, 5.41) is 0. The number of hydrogen-bond acceptors (Lipinski definition) is 2. The summed E-state index contributed by atoms with van der Waals surface area (Å²) in [6.45, 7) is 7.07. The second-order valence-corrected chi connectivity index (χ2v) is 5.95. The molecule has 0 aromatic carbocycles. The van der Waals surface area contributed by atoms with E-state index in [0.29, 0.717) is 6.04 Å². The summed E-state index contributed by atoms with van der Waals surface area (Å²) >= 11 is 0. The van der Waals surface area contributed by atoms with E-state index in [0.717, 1.165) is 12.3 Å². The summed E-state index contributed by atoms with van der Waals surface area (Å²) in [6, 6.07) is 6.97. The minimum absolute atomic E-state index is 0.688. The van der Waals surface area contributed by atoms with E-state index in [-0.39, 0.29) is 0 Å². The largest absolute Gasteiger partial charge is 0.304 e. The van der Waals surface area contributed by atoms with Crippen LogP contribution in [0.4, 0.5) is 0 Å². The first kappa shape index (κ1) is 12.7. The molecule has 102 valence electrons. The molecule has 2 aromatic heterocycles. The van der Waals surface area contributed by atoms with E-state index >= 15 is 0 Å². The third-order valence-electron chi connectivity index (χ3n) is 4.37. The average Bonchev–Trinajstić information content (AvgIpc) is 2.83. The Hall–Kier alpha value is -1.35. The molecule has 0 radical (unpaired) electrons. The normalized spacial score (nSPS) is 18.5. The molecular weight excluding hydrogens is 234 g/mol. The number of aromatic nitrogens is 2. The summed E-state index contributed by atoms with van der Waals surface area (Å²) in [5.74, 6) is 2.01. The number of hydrogen-bond donors (Lipinski definition) is 0. The Morgan fingerprint density at radius 2 is 2.05 bits per heavy atom. The number of nitrogens with zero attached hydrogens (tertiary/aromatic N) is 3. The van der Waals surface area contributed by atoms with Gasteiger partial charge in [0.05, 0.1) is 11.7 Å². The van der Waals surface area contributed by atoms with Crippen LogP contribution in [0, 0.1) is 5.92 Å². The van der Waals surface area contributed by atoms with Gasteiger partial charge in [0, 0.05) is 18.7 Å². The van der Waals surface area contributed by atoms with Crippen molar-refractivity contribution in [2.45, 2.75) is 39.2 Å². The Labute approximate surface area is 115 Å². The van der Waals surface area contributed by atoms with E-state index in [1.165, 1.54) is 37.3 Å². The zero-order valence-corrected chi connectivity index (χ0v) is 11.9. The quantitative estimate of drug-likeness (QED) is 0.842. The number of likely N-dealkylation sites (tertiary alicyclic amines) is 1. The second-order valence-electron chi connectivity index (χ2n) is 5.95. The van der Waals surface area contributed by atoms with Gasteiger partial charge in [-0.3, -0.25) is 0 Å². The minimum atomic E-state index is 0.688. The van der Waals surface area contributed by atoms with Crippen molar-refractivity contribution in [3.05, 3.63) is 36.4 Å². The van der Waals surface area contributed by atoms with Gasteiger partial charge in [-0.25, -0.2) is 4.98 Å². The number of rotatable bonds is 3. The van der Waals surface area contributed by atoms with Crippen LogP contribution in [0.2, 0.25) is 0 Å². The van der Waals surface area contributed by atoms with Crippen molar-refractivity contribution in [1.82, 2.24) is 14.3 Å². The van der Waals surface area contributed by atoms with Gasteiger partial charge in [0.1, 0.15) is 5.82 Å². The van der Waals surface area contributed by atoms with Gasteiger partial charge in [-0.05, 0) is 57.8 Å². The molecule has 0 bridgehead atoms. The zero-order valence-electron chi connectivity index (χ0n) is 11.9. The Morgan fingerprint density at radius 3 is 2.79 bits per heavy atom. The van der Waals surface area contributed by atoms with Gasteiger partial charge in [-0.15, -0.1) is 0 Å². The van der Waals surface area contributed by atoms with Gasteiger partial charge in [0.2, 0.25) is 0 Å². The molecule has 0 spiro atoms. The van der Waals surface area contributed by atoms with Crippen LogP contribution >= 0.6 is 0 Å². The van der Waals surface area contributed by atoms with Crippen LogP contribution in [0.25, 0.3) is 5.52 Å². The van der Waals surface area contributed by atoms with Crippen LogP contribution in [-0.4, -0.2) is 33.4 Å². The molecule has 1 saturated heterocycles. The number of piperidine rings is 1. The molecule has 3 heterocycles. The van der Waals surface area contributed by atoms with Crippen molar-refractivity contribution in [2.75, 3.05) is 13.1 Å². The van der Waals surface area contributed by atoms with Crippen LogP contribution in [0.1, 0.15) is 32.5 Å². The maximum atomic E-state index is 4.59. The Kier molecular flexibility index (Phi) is 3.56. The highest BCUT2D eigenvalue weighted by Gasteiger charge is 2.22. The lowest BCUT2D eigenvalue weighted by atomic mass is 9.92. The summed E-state index contributed by atoms with van der Waals surface area (Å²) in [6.07, 6.45) is 7.84. The zero-order chi connectivity index (χ0) is 13.2. The molecule has 3 heteroatoms. The fourth-order valence-corrected chi connectivity index (χ4v) is 3.08. The van der Waals surface area contributed by atoms with E-state index in [1.54, 1.807) is 0 Å². The fraction of sp³-hybridized carbons (Fsp3) is 0.562. The van der Waals surface area contributed by atoms with E-state index in [1.807, 2.05) is 6.20 Å². The summed E-state index contributed by atoms with van der Waals surface area (Å²) in [5.41, 5.74) is 1.21. The van der Waals surface area contributed by atoms with Crippen molar-refractivity contribution in [3.8, 4) is 0 Å². The lowest BCUT2D eigenvalue weighted by Crippen LogP contribution is -2.38. The summed E-state index contributed by atoms with van der Waals surface area (Å²) in [7, 11) is 0. The molecule has 0 saturated carbocycles. The maximum absolute atomic E-state index is 4.59. The van der Waals surface area contributed by atoms with Gasteiger partial charge in [0.25, 0.3) is 0 Å². The number of imidazole rings is 1. The van der Waals surface area contributed by atoms with Crippen LogP contribution in [0.15, 0.2) is 30.6 Å². The molecular formula is C16H23N3. The summed E-state index contributed by atoms with van der Waals surface area (Å²) in [4.78, 5) is 7.18. The van der Waals surface area contributed by atoms with Gasteiger partial charge in [-0.1, -0.05) is 6.07 Å². The second kappa shape index (κ2) is 5.33.